The van der Waals surface area contributed by atoms with E-state index in [1.807, 2.05) is 36.4 Å². The highest BCUT2D eigenvalue weighted by molar-refractivity contribution is 5.91. The number of piperidine rings is 1. The molecule has 0 aromatic heterocycles. The summed E-state index contributed by atoms with van der Waals surface area (Å²) >= 11 is 0. The highest BCUT2D eigenvalue weighted by atomic mass is 16.2. The van der Waals surface area contributed by atoms with Crippen molar-refractivity contribution in [2.24, 2.45) is 0 Å². The van der Waals surface area contributed by atoms with E-state index < -0.39 is 5.54 Å². The van der Waals surface area contributed by atoms with E-state index in [9.17, 15) is 9.59 Å². The monoisotopic (exact) mass is 407 g/mol. The van der Waals surface area contributed by atoms with E-state index in [1.54, 1.807) is 0 Å². The molecule has 2 aromatic rings. The molecule has 0 bridgehead atoms. The van der Waals surface area contributed by atoms with E-state index >= 15 is 0 Å². The molecule has 1 heterocycles. The third-order valence-corrected chi connectivity index (χ3v) is 5.83. The van der Waals surface area contributed by atoms with E-state index in [-0.39, 0.29) is 11.8 Å². The molecule has 5 nitrogen and oxygen atoms in total. The standard InChI is InChI=1S/C25H33N3O2/c1-2-3-14-23(29)27-25(24(30)26-19-21-10-6-4-7-11-21)15-17-28(18-16-25)20-22-12-8-5-9-13-22/h4-13H,2-3,14-20H2,1H3,(H,26,30)(H,27,29). The van der Waals surface area contributed by atoms with Crippen LogP contribution in [0, 0.1) is 0 Å². The van der Waals surface area contributed by atoms with Crippen molar-refractivity contribution in [3.05, 3.63) is 71.8 Å². The maximum atomic E-state index is 13.2. The Morgan fingerprint density at radius 1 is 0.933 bits per heavy atom. The Bertz CT molecular complexity index is 800. The molecule has 0 radical (unpaired) electrons. The summed E-state index contributed by atoms with van der Waals surface area (Å²) < 4.78 is 0. The summed E-state index contributed by atoms with van der Waals surface area (Å²) in [7, 11) is 0. The van der Waals surface area contributed by atoms with E-state index in [0.29, 0.717) is 25.8 Å². The second-order valence-corrected chi connectivity index (χ2v) is 8.16. The predicted octanol–water partition coefficient (Wildman–Crippen LogP) is 3.64. The van der Waals surface area contributed by atoms with Gasteiger partial charge in [-0.25, -0.2) is 0 Å². The van der Waals surface area contributed by atoms with Crippen molar-refractivity contribution in [1.82, 2.24) is 15.5 Å². The molecule has 2 amide bonds. The molecule has 1 aliphatic rings. The molecule has 0 saturated carbocycles. The van der Waals surface area contributed by atoms with Crippen LogP contribution >= 0.6 is 0 Å². The van der Waals surface area contributed by atoms with Gasteiger partial charge in [-0.15, -0.1) is 0 Å². The van der Waals surface area contributed by atoms with Crippen LogP contribution in [0.2, 0.25) is 0 Å². The van der Waals surface area contributed by atoms with Crippen LogP contribution in [0.15, 0.2) is 60.7 Å². The van der Waals surface area contributed by atoms with Crippen LogP contribution in [0.1, 0.15) is 50.2 Å². The topological polar surface area (TPSA) is 61.4 Å². The summed E-state index contributed by atoms with van der Waals surface area (Å²) in [6.45, 7) is 4.97. The first-order valence-electron chi connectivity index (χ1n) is 11.0. The first kappa shape index (κ1) is 22.0. The summed E-state index contributed by atoms with van der Waals surface area (Å²) in [5, 5.41) is 6.17. The zero-order chi connectivity index (χ0) is 21.2. The number of rotatable bonds is 9. The molecule has 30 heavy (non-hydrogen) atoms. The number of hydrogen-bond acceptors (Lipinski definition) is 3. The van der Waals surface area contributed by atoms with Gasteiger partial charge in [0.25, 0.3) is 0 Å². The minimum Gasteiger partial charge on any atom is -0.350 e. The highest BCUT2D eigenvalue weighted by Gasteiger charge is 2.42. The van der Waals surface area contributed by atoms with Crippen LogP contribution in [0.3, 0.4) is 0 Å². The Labute approximate surface area is 179 Å². The normalized spacial score (nSPS) is 16.0. The molecule has 1 aliphatic heterocycles. The molecule has 0 spiro atoms. The summed E-state index contributed by atoms with van der Waals surface area (Å²) in [5.41, 5.74) is 1.50. The van der Waals surface area contributed by atoms with Crippen molar-refractivity contribution in [3.63, 3.8) is 0 Å². The average Bonchev–Trinajstić information content (AvgIpc) is 2.79. The average molecular weight is 408 g/mol. The number of likely N-dealkylation sites (tertiary alicyclic amines) is 1. The van der Waals surface area contributed by atoms with E-state index in [1.165, 1.54) is 5.56 Å². The van der Waals surface area contributed by atoms with Gasteiger partial charge in [0.05, 0.1) is 0 Å². The lowest BCUT2D eigenvalue weighted by atomic mass is 9.85. The van der Waals surface area contributed by atoms with Gasteiger partial charge in [-0.3, -0.25) is 14.5 Å². The van der Waals surface area contributed by atoms with Crippen LogP contribution in [0.5, 0.6) is 0 Å². The first-order valence-corrected chi connectivity index (χ1v) is 11.0. The van der Waals surface area contributed by atoms with Crippen LogP contribution in [0.4, 0.5) is 0 Å². The maximum absolute atomic E-state index is 13.2. The van der Waals surface area contributed by atoms with Crippen molar-refractivity contribution < 1.29 is 9.59 Å². The summed E-state index contributed by atoms with van der Waals surface area (Å²) in [4.78, 5) is 28.1. The lowest BCUT2D eigenvalue weighted by Gasteiger charge is -2.41. The Morgan fingerprint density at radius 3 is 2.13 bits per heavy atom. The van der Waals surface area contributed by atoms with E-state index in [0.717, 1.165) is 38.0 Å². The lowest BCUT2D eigenvalue weighted by molar-refractivity contribution is -0.136. The third-order valence-electron chi connectivity index (χ3n) is 5.83. The smallest absolute Gasteiger partial charge is 0.246 e. The molecule has 1 fully saturated rings. The van der Waals surface area contributed by atoms with Crippen molar-refractivity contribution in [2.75, 3.05) is 13.1 Å². The van der Waals surface area contributed by atoms with E-state index in [4.69, 9.17) is 0 Å². The largest absolute Gasteiger partial charge is 0.350 e. The Kier molecular flexibility index (Phi) is 8.03. The molecule has 0 unspecified atom stereocenters. The number of carbonyl (C=O) groups is 2. The molecular formula is C25H33N3O2. The third kappa shape index (κ3) is 6.17. The summed E-state index contributed by atoms with van der Waals surface area (Å²) in [5.74, 6) is -0.0983. The zero-order valence-corrected chi connectivity index (χ0v) is 17.9. The fraction of sp³-hybridized carbons (Fsp3) is 0.440. The number of benzene rings is 2. The number of amides is 2. The molecule has 5 heteroatoms. The molecule has 2 N–H and O–H groups in total. The van der Waals surface area contributed by atoms with Gasteiger partial charge >= 0.3 is 0 Å². The minimum atomic E-state index is -0.827. The molecule has 1 saturated heterocycles. The second kappa shape index (κ2) is 10.9. The van der Waals surface area contributed by atoms with Gasteiger partial charge in [-0.05, 0) is 30.4 Å². The van der Waals surface area contributed by atoms with Crippen LogP contribution in [-0.4, -0.2) is 35.3 Å². The number of unbranched alkanes of at least 4 members (excludes halogenated alkanes) is 1. The number of nitrogens with zero attached hydrogens (tertiary/aromatic N) is 1. The van der Waals surface area contributed by atoms with Gasteiger partial charge in [0.1, 0.15) is 5.54 Å². The number of carbonyl (C=O) groups excluding carboxylic acids is 2. The predicted molar refractivity (Wildman–Crippen MR) is 120 cm³/mol. The van der Waals surface area contributed by atoms with Gasteiger partial charge in [-0.2, -0.15) is 0 Å². The van der Waals surface area contributed by atoms with Gasteiger partial charge in [-0.1, -0.05) is 74.0 Å². The highest BCUT2D eigenvalue weighted by Crippen LogP contribution is 2.25. The fourth-order valence-corrected chi connectivity index (χ4v) is 3.96. The zero-order valence-electron chi connectivity index (χ0n) is 17.9. The van der Waals surface area contributed by atoms with Gasteiger partial charge in [0, 0.05) is 32.6 Å². The Balaban J connectivity index is 1.64. The Morgan fingerprint density at radius 2 is 1.53 bits per heavy atom. The van der Waals surface area contributed by atoms with Gasteiger partial charge in [0.2, 0.25) is 11.8 Å². The van der Waals surface area contributed by atoms with Crippen molar-refractivity contribution in [2.45, 2.75) is 57.7 Å². The van der Waals surface area contributed by atoms with E-state index in [2.05, 4.69) is 46.7 Å². The second-order valence-electron chi connectivity index (χ2n) is 8.16. The van der Waals surface area contributed by atoms with Crippen LogP contribution in [-0.2, 0) is 22.7 Å². The minimum absolute atomic E-state index is 0.0248. The van der Waals surface area contributed by atoms with Crippen molar-refractivity contribution in [1.29, 1.82) is 0 Å². The first-order chi connectivity index (χ1) is 14.6. The molecule has 160 valence electrons. The van der Waals surface area contributed by atoms with Gasteiger partial charge in [0.15, 0.2) is 0 Å². The lowest BCUT2D eigenvalue weighted by Crippen LogP contribution is -2.63. The fourth-order valence-electron chi connectivity index (χ4n) is 3.96. The summed E-state index contributed by atoms with van der Waals surface area (Å²) in [6, 6.07) is 20.3. The molecule has 0 atom stereocenters. The maximum Gasteiger partial charge on any atom is 0.246 e. The molecule has 2 aromatic carbocycles. The van der Waals surface area contributed by atoms with Crippen molar-refractivity contribution >= 4 is 11.8 Å². The molecular weight excluding hydrogens is 374 g/mol. The van der Waals surface area contributed by atoms with Crippen molar-refractivity contribution in [3.8, 4) is 0 Å². The van der Waals surface area contributed by atoms with Crippen LogP contribution in [0.25, 0.3) is 0 Å². The molecule has 0 aliphatic carbocycles. The van der Waals surface area contributed by atoms with Gasteiger partial charge < -0.3 is 10.6 Å². The Hall–Kier alpha value is -2.66. The molecule has 3 rings (SSSR count). The summed E-state index contributed by atoms with van der Waals surface area (Å²) in [6.07, 6.45) is 3.52. The number of nitrogens with one attached hydrogen (secondary N) is 2. The SMILES string of the molecule is CCCCC(=O)NC1(C(=O)NCc2ccccc2)CCN(Cc2ccccc2)CC1. The quantitative estimate of drug-likeness (QED) is 0.667. The number of hydrogen-bond donors (Lipinski definition) is 2. The van der Waals surface area contributed by atoms with Crippen LogP contribution < -0.4 is 10.6 Å².